The Balaban J connectivity index is 2.49. The van der Waals surface area contributed by atoms with E-state index in [-0.39, 0.29) is 5.82 Å². The average molecular weight is 241 g/mol. The van der Waals surface area contributed by atoms with Crippen molar-refractivity contribution in [1.82, 2.24) is 4.98 Å². The number of rotatable bonds is 3. The molecule has 0 saturated carbocycles. The van der Waals surface area contributed by atoms with Crippen LogP contribution in [0.3, 0.4) is 0 Å². The molecule has 1 nitrogen and oxygen atoms in total. The first-order valence-corrected chi connectivity index (χ1v) is 5.89. The number of aromatic nitrogens is 1. The molecule has 0 saturated heterocycles. The molecule has 0 bridgehead atoms. The zero-order valence-electron chi connectivity index (χ0n) is 10.6. The first-order chi connectivity index (χ1) is 8.61. The van der Waals surface area contributed by atoms with Gasteiger partial charge in [-0.1, -0.05) is 12.7 Å². The van der Waals surface area contributed by atoms with Gasteiger partial charge in [-0.15, -0.1) is 0 Å². The maximum atomic E-state index is 12.9. The summed E-state index contributed by atoms with van der Waals surface area (Å²) in [5, 5.41) is 0. The smallest absolute Gasteiger partial charge is 0.123 e. The summed E-state index contributed by atoms with van der Waals surface area (Å²) in [4.78, 5) is 3.33. The number of aromatic amines is 1. The van der Waals surface area contributed by atoms with E-state index in [1.165, 1.54) is 12.1 Å². The molecule has 0 radical (unpaired) electrons. The highest BCUT2D eigenvalue weighted by atomic mass is 19.1. The lowest BCUT2D eigenvalue weighted by atomic mass is 10.1. The van der Waals surface area contributed by atoms with E-state index in [9.17, 15) is 4.39 Å². The Morgan fingerprint density at radius 2 is 1.94 bits per heavy atom. The predicted octanol–water partition coefficient (Wildman–Crippen LogP) is 4.89. The van der Waals surface area contributed by atoms with Crippen LogP contribution in [0, 0.1) is 5.82 Å². The second-order valence-electron chi connectivity index (χ2n) is 4.30. The molecule has 0 spiro atoms. The molecule has 0 aliphatic rings. The van der Waals surface area contributed by atoms with Crippen LogP contribution < -0.4 is 0 Å². The molecular weight excluding hydrogens is 225 g/mol. The van der Waals surface area contributed by atoms with Gasteiger partial charge >= 0.3 is 0 Å². The van der Waals surface area contributed by atoms with Crippen LogP contribution in [-0.4, -0.2) is 4.98 Å². The lowest BCUT2D eigenvalue weighted by molar-refractivity contribution is 0.628. The van der Waals surface area contributed by atoms with Gasteiger partial charge in [-0.3, -0.25) is 0 Å². The van der Waals surface area contributed by atoms with E-state index in [0.717, 1.165) is 28.1 Å². The van der Waals surface area contributed by atoms with Gasteiger partial charge in [0, 0.05) is 17.0 Å². The summed E-state index contributed by atoms with van der Waals surface area (Å²) in [5.74, 6) is -0.223. The summed E-state index contributed by atoms with van der Waals surface area (Å²) < 4.78 is 12.9. The van der Waals surface area contributed by atoms with Crippen LogP contribution in [0.4, 0.5) is 4.39 Å². The Morgan fingerprint density at radius 1 is 1.28 bits per heavy atom. The number of hydrogen-bond acceptors (Lipinski definition) is 0. The monoisotopic (exact) mass is 241 g/mol. The van der Waals surface area contributed by atoms with Crippen molar-refractivity contribution in [1.29, 1.82) is 0 Å². The molecular formula is C16H16FN. The highest BCUT2D eigenvalue weighted by Gasteiger charge is 2.08. The standard InChI is InChI=1S/C16H16FN/c1-4-5-15-14(11(2)3)10-16(18-15)12-6-8-13(17)9-7-12/h4-10,18H,2H2,1,3H3/b5-4-. The van der Waals surface area contributed by atoms with Crippen molar-refractivity contribution >= 4 is 11.6 Å². The summed E-state index contributed by atoms with van der Waals surface area (Å²) in [7, 11) is 0. The summed E-state index contributed by atoms with van der Waals surface area (Å²) in [6.45, 7) is 7.93. The minimum atomic E-state index is -0.223. The molecule has 0 unspecified atom stereocenters. The maximum Gasteiger partial charge on any atom is 0.123 e. The van der Waals surface area contributed by atoms with E-state index in [0.29, 0.717) is 0 Å². The molecule has 0 aliphatic heterocycles. The van der Waals surface area contributed by atoms with E-state index in [4.69, 9.17) is 0 Å². The molecule has 2 heteroatoms. The van der Waals surface area contributed by atoms with Crippen LogP contribution in [-0.2, 0) is 0 Å². The quantitative estimate of drug-likeness (QED) is 0.787. The third kappa shape index (κ3) is 2.43. The maximum absolute atomic E-state index is 12.9. The SMILES string of the molecule is C=C(C)c1cc(-c2ccc(F)cc2)[nH]c1/C=C\C. The number of benzene rings is 1. The molecule has 0 amide bonds. The second kappa shape index (κ2) is 5.05. The lowest BCUT2D eigenvalue weighted by Crippen LogP contribution is -1.80. The van der Waals surface area contributed by atoms with Crippen molar-refractivity contribution in [3.05, 3.63) is 60.1 Å². The fraction of sp³-hybridized carbons (Fsp3) is 0.125. The van der Waals surface area contributed by atoms with Gasteiger partial charge in [-0.2, -0.15) is 0 Å². The highest BCUT2D eigenvalue weighted by Crippen LogP contribution is 2.26. The van der Waals surface area contributed by atoms with Crippen molar-refractivity contribution < 1.29 is 4.39 Å². The highest BCUT2D eigenvalue weighted by molar-refractivity contribution is 5.76. The minimum Gasteiger partial charge on any atom is -0.355 e. The Bertz CT molecular complexity index is 588. The average Bonchev–Trinajstić information content (AvgIpc) is 2.75. The minimum absolute atomic E-state index is 0.223. The molecule has 0 atom stereocenters. The first-order valence-electron chi connectivity index (χ1n) is 5.89. The third-order valence-corrected chi connectivity index (χ3v) is 2.80. The summed E-state index contributed by atoms with van der Waals surface area (Å²) in [5.41, 5.74) is 5.07. The van der Waals surface area contributed by atoms with Gasteiger partial charge in [-0.25, -0.2) is 4.39 Å². The summed E-state index contributed by atoms with van der Waals surface area (Å²) in [6.07, 6.45) is 3.99. The molecule has 2 rings (SSSR count). The Kier molecular flexibility index (Phi) is 3.47. The van der Waals surface area contributed by atoms with Gasteiger partial charge < -0.3 is 4.98 Å². The van der Waals surface area contributed by atoms with Gasteiger partial charge in [0.25, 0.3) is 0 Å². The molecule has 1 heterocycles. The molecule has 0 fully saturated rings. The number of H-pyrrole nitrogens is 1. The van der Waals surface area contributed by atoms with Crippen LogP contribution >= 0.6 is 0 Å². The fourth-order valence-corrected chi connectivity index (χ4v) is 1.91. The van der Waals surface area contributed by atoms with Crippen molar-refractivity contribution in [3.63, 3.8) is 0 Å². The Labute approximate surface area is 107 Å². The molecule has 1 aromatic heterocycles. The van der Waals surface area contributed by atoms with Gasteiger partial charge in [0.2, 0.25) is 0 Å². The second-order valence-corrected chi connectivity index (χ2v) is 4.30. The number of allylic oxidation sites excluding steroid dienone is 2. The van der Waals surface area contributed by atoms with E-state index in [2.05, 4.69) is 11.6 Å². The molecule has 0 aliphatic carbocycles. The Hall–Kier alpha value is -2.09. The van der Waals surface area contributed by atoms with Crippen molar-refractivity contribution in [2.75, 3.05) is 0 Å². The Morgan fingerprint density at radius 3 is 2.50 bits per heavy atom. The van der Waals surface area contributed by atoms with Gasteiger partial charge in [0.05, 0.1) is 0 Å². The molecule has 1 N–H and O–H groups in total. The topological polar surface area (TPSA) is 15.8 Å². The van der Waals surface area contributed by atoms with Crippen LogP contribution in [0.25, 0.3) is 22.9 Å². The largest absolute Gasteiger partial charge is 0.355 e. The van der Waals surface area contributed by atoms with E-state index in [1.54, 1.807) is 12.1 Å². The zero-order chi connectivity index (χ0) is 13.1. The van der Waals surface area contributed by atoms with Crippen molar-refractivity contribution in [2.45, 2.75) is 13.8 Å². The number of halogens is 1. The van der Waals surface area contributed by atoms with E-state index >= 15 is 0 Å². The van der Waals surface area contributed by atoms with Gasteiger partial charge in [0.1, 0.15) is 5.82 Å². The summed E-state index contributed by atoms with van der Waals surface area (Å²) >= 11 is 0. The first kappa shape index (κ1) is 12.4. The summed E-state index contributed by atoms with van der Waals surface area (Å²) in [6, 6.07) is 8.51. The normalized spacial score (nSPS) is 11.1. The van der Waals surface area contributed by atoms with Gasteiger partial charge in [0.15, 0.2) is 0 Å². The molecule has 1 aromatic carbocycles. The van der Waals surface area contributed by atoms with E-state index < -0.39 is 0 Å². The van der Waals surface area contributed by atoms with Crippen molar-refractivity contribution in [2.24, 2.45) is 0 Å². The van der Waals surface area contributed by atoms with Crippen LogP contribution in [0.5, 0.6) is 0 Å². The van der Waals surface area contributed by atoms with Gasteiger partial charge in [-0.05, 0) is 61.4 Å². The zero-order valence-corrected chi connectivity index (χ0v) is 10.6. The van der Waals surface area contributed by atoms with Crippen LogP contribution in [0.1, 0.15) is 25.1 Å². The predicted molar refractivity (Wildman–Crippen MR) is 75.6 cm³/mol. The van der Waals surface area contributed by atoms with Crippen molar-refractivity contribution in [3.8, 4) is 11.3 Å². The lowest BCUT2D eigenvalue weighted by Gasteiger charge is -1.97. The fourth-order valence-electron chi connectivity index (χ4n) is 1.91. The molecule has 2 aromatic rings. The third-order valence-electron chi connectivity index (χ3n) is 2.80. The number of hydrogen-bond donors (Lipinski definition) is 1. The van der Waals surface area contributed by atoms with Crippen LogP contribution in [0.15, 0.2) is 43.0 Å². The number of nitrogens with one attached hydrogen (secondary N) is 1. The van der Waals surface area contributed by atoms with E-state index in [1.807, 2.05) is 32.1 Å². The molecule has 18 heavy (non-hydrogen) atoms. The molecule has 92 valence electrons. The van der Waals surface area contributed by atoms with Crippen LogP contribution in [0.2, 0.25) is 0 Å².